The molecule has 20 heavy (non-hydrogen) atoms. The molecule has 1 aliphatic rings. The molecule has 0 aromatic heterocycles. The zero-order valence-electron chi connectivity index (χ0n) is 12.9. The van der Waals surface area contributed by atoms with E-state index < -0.39 is 0 Å². The van der Waals surface area contributed by atoms with Gasteiger partial charge < -0.3 is 10.1 Å². The maximum Gasteiger partial charge on any atom is 0.119 e. The standard InChI is InChI=1S/C17H27NOS/c1-4-6-11-20-16-10-7-13-12-14(19-3)8-9-15(13)17(16)18-5-2/h8-9,12,16-18H,4-7,10-11H2,1-3H3. The summed E-state index contributed by atoms with van der Waals surface area (Å²) in [5.74, 6) is 2.27. The molecule has 3 heteroatoms. The maximum absolute atomic E-state index is 5.36. The highest BCUT2D eigenvalue weighted by atomic mass is 32.2. The summed E-state index contributed by atoms with van der Waals surface area (Å²) < 4.78 is 5.36. The number of nitrogens with one attached hydrogen (secondary N) is 1. The van der Waals surface area contributed by atoms with Crippen LogP contribution in [0.5, 0.6) is 5.75 Å². The molecule has 2 rings (SSSR count). The van der Waals surface area contributed by atoms with Crippen molar-refractivity contribution in [3.8, 4) is 5.75 Å². The molecule has 0 heterocycles. The Hall–Kier alpha value is -0.670. The largest absolute Gasteiger partial charge is 0.497 e. The van der Waals surface area contributed by atoms with Crippen LogP contribution < -0.4 is 10.1 Å². The quantitative estimate of drug-likeness (QED) is 0.762. The van der Waals surface area contributed by atoms with E-state index in [-0.39, 0.29) is 0 Å². The second-order valence-electron chi connectivity index (χ2n) is 5.40. The van der Waals surface area contributed by atoms with E-state index in [0.717, 1.165) is 12.3 Å². The van der Waals surface area contributed by atoms with E-state index in [1.165, 1.54) is 42.6 Å². The van der Waals surface area contributed by atoms with Crippen LogP contribution in [-0.2, 0) is 6.42 Å². The van der Waals surface area contributed by atoms with E-state index in [2.05, 4.69) is 49.1 Å². The number of rotatable bonds is 7. The lowest BCUT2D eigenvalue weighted by atomic mass is 9.87. The van der Waals surface area contributed by atoms with Gasteiger partial charge in [-0.3, -0.25) is 0 Å². The minimum atomic E-state index is 0.497. The Kier molecular flexibility index (Phi) is 6.24. The zero-order chi connectivity index (χ0) is 14.4. The molecule has 2 nitrogen and oxygen atoms in total. The van der Waals surface area contributed by atoms with Crippen LogP contribution in [0.4, 0.5) is 0 Å². The lowest BCUT2D eigenvalue weighted by Gasteiger charge is -2.34. The number of benzene rings is 1. The van der Waals surface area contributed by atoms with Gasteiger partial charge in [0.05, 0.1) is 7.11 Å². The van der Waals surface area contributed by atoms with Gasteiger partial charge in [0, 0.05) is 11.3 Å². The van der Waals surface area contributed by atoms with Crippen LogP contribution in [0, 0.1) is 0 Å². The van der Waals surface area contributed by atoms with Gasteiger partial charge in [-0.1, -0.05) is 26.3 Å². The Morgan fingerprint density at radius 2 is 2.20 bits per heavy atom. The second-order valence-corrected chi connectivity index (χ2v) is 6.75. The molecule has 0 fully saturated rings. The van der Waals surface area contributed by atoms with Gasteiger partial charge in [-0.15, -0.1) is 0 Å². The molecule has 1 aliphatic carbocycles. The van der Waals surface area contributed by atoms with Gasteiger partial charge in [-0.2, -0.15) is 11.8 Å². The Balaban J connectivity index is 2.14. The van der Waals surface area contributed by atoms with Gasteiger partial charge in [0.25, 0.3) is 0 Å². The van der Waals surface area contributed by atoms with Crippen molar-refractivity contribution in [1.29, 1.82) is 0 Å². The number of aryl methyl sites for hydroxylation is 1. The van der Waals surface area contributed by atoms with Crippen LogP contribution in [0.1, 0.15) is 50.3 Å². The first-order chi connectivity index (χ1) is 9.80. The summed E-state index contributed by atoms with van der Waals surface area (Å²) in [6, 6.07) is 7.07. The van der Waals surface area contributed by atoms with E-state index in [9.17, 15) is 0 Å². The van der Waals surface area contributed by atoms with E-state index in [1.807, 2.05) is 0 Å². The topological polar surface area (TPSA) is 21.3 Å². The van der Waals surface area contributed by atoms with Crippen molar-refractivity contribution >= 4 is 11.8 Å². The average molecular weight is 293 g/mol. The molecule has 0 spiro atoms. The molecule has 112 valence electrons. The third-order valence-electron chi connectivity index (χ3n) is 4.01. The highest BCUT2D eigenvalue weighted by Crippen LogP contribution is 2.38. The van der Waals surface area contributed by atoms with E-state index >= 15 is 0 Å². The van der Waals surface area contributed by atoms with Crippen LogP contribution in [0.3, 0.4) is 0 Å². The molecule has 1 N–H and O–H groups in total. The summed E-state index contributed by atoms with van der Waals surface area (Å²) >= 11 is 2.15. The molecule has 1 aromatic rings. The van der Waals surface area contributed by atoms with Crippen molar-refractivity contribution < 1.29 is 4.74 Å². The summed E-state index contributed by atoms with van der Waals surface area (Å²) in [5.41, 5.74) is 2.94. The third-order valence-corrected chi connectivity index (χ3v) is 5.47. The monoisotopic (exact) mass is 293 g/mol. The smallest absolute Gasteiger partial charge is 0.119 e. The Labute approximate surface area is 127 Å². The van der Waals surface area contributed by atoms with Gasteiger partial charge in [-0.25, -0.2) is 0 Å². The fraction of sp³-hybridized carbons (Fsp3) is 0.647. The van der Waals surface area contributed by atoms with Crippen LogP contribution in [-0.4, -0.2) is 24.7 Å². The molecule has 0 amide bonds. The van der Waals surface area contributed by atoms with Crippen LogP contribution >= 0.6 is 11.8 Å². The third kappa shape index (κ3) is 3.70. The summed E-state index contributed by atoms with van der Waals surface area (Å²) in [4.78, 5) is 0. The highest BCUT2D eigenvalue weighted by molar-refractivity contribution is 7.99. The number of methoxy groups -OCH3 is 1. The Morgan fingerprint density at radius 3 is 2.90 bits per heavy atom. The molecule has 1 aromatic carbocycles. The van der Waals surface area contributed by atoms with Crippen molar-refractivity contribution in [2.24, 2.45) is 0 Å². The summed E-state index contributed by atoms with van der Waals surface area (Å²) in [6.45, 7) is 5.50. The van der Waals surface area contributed by atoms with Crippen molar-refractivity contribution in [1.82, 2.24) is 5.32 Å². The minimum absolute atomic E-state index is 0.497. The van der Waals surface area contributed by atoms with Crippen LogP contribution in [0.15, 0.2) is 18.2 Å². The molecule has 0 saturated carbocycles. The Bertz CT molecular complexity index is 421. The van der Waals surface area contributed by atoms with Gasteiger partial charge in [0.1, 0.15) is 5.75 Å². The van der Waals surface area contributed by atoms with Gasteiger partial charge in [0.15, 0.2) is 0 Å². The number of unbranched alkanes of at least 4 members (excludes halogenated alkanes) is 1. The summed E-state index contributed by atoms with van der Waals surface area (Å²) in [6.07, 6.45) is 5.07. The molecular weight excluding hydrogens is 266 g/mol. The van der Waals surface area contributed by atoms with Gasteiger partial charge >= 0.3 is 0 Å². The normalized spacial score (nSPS) is 21.6. The van der Waals surface area contributed by atoms with Gasteiger partial charge in [0.2, 0.25) is 0 Å². The first kappa shape index (κ1) is 15.7. The fourth-order valence-electron chi connectivity index (χ4n) is 2.91. The SMILES string of the molecule is CCCCSC1CCc2cc(OC)ccc2C1NCC. The summed E-state index contributed by atoms with van der Waals surface area (Å²) in [7, 11) is 1.75. The predicted molar refractivity (Wildman–Crippen MR) is 88.9 cm³/mol. The molecule has 0 aliphatic heterocycles. The lowest BCUT2D eigenvalue weighted by Crippen LogP contribution is -2.34. The van der Waals surface area contributed by atoms with Crippen molar-refractivity contribution in [3.05, 3.63) is 29.3 Å². The minimum Gasteiger partial charge on any atom is -0.497 e. The van der Waals surface area contributed by atoms with E-state index in [0.29, 0.717) is 11.3 Å². The van der Waals surface area contributed by atoms with E-state index in [4.69, 9.17) is 4.74 Å². The second kappa shape index (κ2) is 7.94. The number of hydrogen-bond donors (Lipinski definition) is 1. The summed E-state index contributed by atoms with van der Waals surface area (Å²) in [5, 5.41) is 4.40. The number of fused-ring (bicyclic) bond motifs is 1. The molecule has 0 radical (unpaired) electrons. The first-order valence-corrected chi connectivity index (χ1v) is 8.86. The maximum atomic E-state index is 5.36. The van der Waals surface area contributed by atoms with Crippen molar-refractivity contribution in [2.75, 3.05) is 19.4 Å². The average Bonchev–Trinajstić information content (AvgIpc) is 2.49. The first-order valence-electron chi connectivity index (χ1n) is 7.82. The van der Waals surface area contributed by atoms with E-state index in [1.54, 1.807) is 7.11 Å². The van der Waals surface area contributed by atoms with Crippen LogP contribution in [0.2, 0.25) is 0 Å². The number of hydrogen-bond acceptors (Lipinski definition) is 3. The molecule has 0 bridgehead atoms. The number of thioether (sulfide) groups is 1. The zero-order valence-corrected chi connectivity index (χ0v) is 13.8. The molecule has 0 saturated heterocycles. The Morgan fingerprint density at radius 1 is 1.35 bits per heavy atom. The van der Waals surface area contributed by atoms with Crippen molar-refractivity contribution in [3.63, 3.8) is 0 Å². The molecule has 2 atom stereocenters. The van der Waals surface area contributed by atoms with Crippen molar-refractivity contribution in [2.45, 2.75) is 50.8 Å². The molecule has 2 unspecified atom stereocenters. The molecular formula is C17H27NOS. The van der Waals surface area contributed by atoms with Gasteiger partial charge in [-0.05, 0) is 54.8 Å². The van der Waals surface area contributed by atoms with Crippen LogP contribution in [0.25, 0.3) is 0 Å². The lowest BCUT2D eigenvalue weighted by molar-refractivity contribution is 0.411. The fourth-order valence-corrected chi connectivity index (χ4v) is 4.39. The predicted octanol–water partition coefficient (Wildman–Crippen LogP) is 4.19. The number of ether oxygens (including phenoxy) is 1. The highest BCUT2D eigenvalue weighted by Gasteiger charge is 2.29.